The van der Waals surface area contributed by atoms with Gasteiger partial charge in [0, 0.05) is 28.6 Å². The molecular formula is C22H21AuN7S-2. The van der Waals surface area contributed by atoms with Crippen LogP contribution < -0.4 is 5.32 Å². The van der Waals surface area contributed by atoms with Gasteiger partial charge in [0.1, 0.15) is 16.7 Å². The van der Waals surface area contributed by atoms with Crippen molar-refractivity contribution in [3.05, 3.63) is 85.4 Å². The largest absolute Gasteiger partial charge is 0.362 e. The summed E-state index contributed by atoms with van der Waals surface area (Å²) < 4.78 is 0. The van der Waals surface area contributed by atoms with Crippen molar-refractivity contribution < 1.29 is 22.4 Å². The monoisotopic (exact) mass is 612 g/mol. The first-order valence-electron chi connectivity index (χ1n) is 9.53. The third-order valence-electron chi connectivity index (χ3n) is 4.29. The van der Waals surface area contributed by atoms with Crippen LogP contribution in [0.1, 0.15) is 16.5 Å². The van der Waals surface area contributed by atoms with E-state index in [-0.39, 0.29) is 22.4 Å². The molecule has 0 fully saturated rings. The molecule has 2 N–H and O–H groups in total. The number of nitrogens with zero attached hydrogens (tertiary/aromatic N) is 5. The minimum atomic E-state index is 0. The molecule has 0 bridgehead atoms. The molecular weight excluding hydrogens is 591 g/mol. The second-order valence-electron chi connectivity index (χ2n) is 6.36. The fraction of sp³-hybridized carbons (Fsp3) is 0.136. The molecule has 31 heavy (non-hydrogen) atoms. The van der Waals surface area contributed by atoms with E-state index in [1.54, 1.807) is 23.9 Å². The molecule has 163 valence electrons. The fourth-order valence-corrected chi connectivity index (χ4v) is 3.64. The number of pyridine rings is 1. The van der Waals surface area contributed by atoms with Crippen LogP contribution in [0.25, 0.3) is 21.4 Å². The van der Waals surface area contributed by atoms with Gasteiger partial charge < -0.3 is 24.1 Å². The van der Waals surface area contributed by atoms with Crippen molar-refractivity contribution >= 4 is 38.5 Å². The summed E-state index contributed by atoms with van der Waals surface area (Å²) in [5, 5.41) is 4.22. The van der Waals surface area contributed by atoms with Crippen LogP contribution in [0.15, 0.2) is 55.0 Å². The molecule has 4 aromatic heterocycles. The number of imidazole rings is 1. The Morgan fingerprint density at radius 2 is 1.77 bits per heavy atom. The van der Waals surface area contributed by atoms with Gasteiger partial charge in [0.2, 0.25) is 0 Å². The third-order valence-corrected chi connectivity index (χ3v) is 5.32. The molecule has 0 unspecified atom stereocenters. The van der Waals surface area contributed by atoms with Crippen molar-refractivity contribution in [2.45, 2.75) is 19.4 Å². The number of para-hydroxylation sites is 2. The van der Waals surface area contributed by atoms with Gasteiger partial charge in [0.15, 0.2) is 5.82 Å². The summed E-state index contributed by atoms with van der Waals surface area (Å²) in [6, 6.07) is 13.8. The number of rotatable bonds is 5. The maximum atomic E-state index is 4.49. The van der Waals surface area contributed by atoms with E-state index in [2.05, 4.69) is 49.1 Å². The second kappa shape index (κ2) is 11.1. The van der Waals surface area contributed by atoms with Gasteiger partial charge in [-0.3, -0.25) is 4.98 Å². The Bertz CT molecular complexity index is 1200. The zero-order valence-electron chi connectivity index (χ0n) is 16.7. The molecule has 4 heterocycles. The Morgan fingerprint density at radius 1 is 0.935 bits per heavy atom. The number of H-pyrrole nitrogens is 1. The maximum Gasteiger partial charge on any atom is 0.157 e. The van der Waals surface area contributed by atoms with Crippen LogP contribution in [0, 0.1) is 13.8 Å². The molecule has 0 amide bonds. The molecule has 0 aliphatic carbocycles. The van der Waals surface area contributed by atoms with Crippen molar-refractivity contribution in [1.82, 2.24) is 29.9 Å². The van der Waals surface area contributed by atoms with E-state index in [1.807, 2.05) is 42.5 Å². The summed E-state index contributed by atoms with van der Waals surface area (Å²) in [6.07, 6.45) is 4.71. The predicted octanol–water partition coefficient (Wildman–Crippen LogP) is 4.41. The van der Waals surface area contributed by atoms with Gasteiger partial charge in [0.25, 0.3) is 0 Å². The third kappa shape index (κ3) is 5.74. The minimum absolute atomic E-state index is 0. The van der Waals surface area contributed by atoms with Crippen LogP contribution in [0.4, 0.5) is 5.82 Å². The summed E-state index contributed by atoms with van der Waals surface area (Å²) in [7, 11) is 0. The van der Waals surface area contributed by atoms with Crippen molar-refractivity contribution in [3.63, 3.8) is 0 Å². The summed E-state index contributed by atoms with van der Waals surface area (Å²) in [6.45, 7) is 8.22. The molecule has 0 saturated carbocycles. The van der Waals surface area contributed by atoms with E-state index in [1.165, 1.54) is 0 Å². The van der Waals surface area contributed by atoms with Crippen molar-refractivity contribution in [2.75, 3.05) is 5.32 Å². The molecule has 9 heteroatoms. The first kappa shape index (κ1) is 23.0. The van der Waals surface area contributed by atoms with E-state index in [0.29, 0.717) is 19.4 Å². The summed E-state index contributed by atoms with van der Waals surface area (Å²) in [4.78, 5) is 25.6. The molecule has 1 aromatic carbocycles. The van der Waals surface area contributed by atoms with Crippen molar-refractivity contribution in [3.8, 4) is 0 Å². The van der Waals surface area contributed by atoms with Gasteiger partial charge in [-0.15, -0.1) is 24.2 Å². The average Bonchev–Trinajstić information content (AvgIpc) is 3.42. The number of anilines is 1. The first-order chi connectivity index (χ1) is 14.8. The Kier molecular flexibility index (Phi) is 8.25. The first-order valence-corrected chi connectivity index (χ1v) is 10.3. The number of aromatic amines is 1. The molecule has 0 aliphatic heterocycles. The van der Waals surface area contributed by atoms with E-state index in [9.17, 15) is 0 Å². The van der Waals surface area contributed by atoms with Crippen LogP contribution in [0.5, 0.6) is 0 Å². The summed E-state index contributed by atoms with van der Waals surface area (Å²) in [5.41, 5.74) is 3.88. The minimum Gasteiger partial charge on any atom is -0.362 e. The van der Waals surface area contributed by atoms with Crippen LogP contribution >= 0.6 is 11.3 Å². The smallest absolute Gasteiger partial charge is 0.157 e. The molecule has 5 aromatic rings. The van der Waals surface area contributed by atoms with Gasteiger partial charge in [0.05, 0.1) is 34.1 Å². The molecule has 5 rings (SSSR count). The number of hydrogen-bond donors (Lipinski definition) is 2. The second-order valence-corrected chi connectivity index (χ2v) is 7.42. The topological polar surface area (TPSA) is 92.3 Å². The number of fused-ring (bicyclic) bond motifs is 2. The Hall–Kier alpha value is -2.65. The standard InChI is InChI=1S/C13H12N5S.C9H9N2.Au/c1-2-10-18-11-12(16-8-17-13(11)19-10)15-7-9-5-3-4-6-14-9;1-2-9-10-7-5-3-4-6-8(7)11-9;/h3-6,8H,1-2,7H2,(H,15,16,17);3-6H,1-2H2,(H,10,11);/q2*-1;. The summed E-state index contributed by atoms with van der Waals surface area (Å²) >= 11 is 1.55. The van der Waals surface area contributed by atoms with Gasteiger partial charge >= 0.3 is 0 Å². The van der Waals surface area contributed by atoms with Crippen LogP contribution in [-0.4, -0.2) is 29.9 Å². The van der Waals surface area contributed by atoms with Crippen LogP contribution in [-0.2, 0) is 41.8 Å². The summed E-state index contributed by atoms with van der Waals surface area (Å²) in [5.74, 6) is 1.69. The predicted molar refractivity (Wildman–Crippen MR) is 121 cm³/mol. The number of thiazole rings is 1. The molecule has 1 radical (unpaired) electrons. The maximum absolute atomic E-state index is 4.49. The van der Waals surface area contributed by atoms with Gasteiger partial charge in [-0.1, -0.05) is 18.2 Å². The van der Waals surface area contributed by atoms with E-state index in [4.69, 9.17) is 0 Å². The van der Waals surface area contributed by atoms with E-state index >= 15 is 0 Å². The normalized spacial score (nSPS) is 10.4. The Balaban J connectivity index is 0.000000194. The molecule has 0 aliphatic rings. The zero-order chi connectivity index (χ0) is 20.8. The average molecular weight is 612 g/mol. The number of hydrogen-bond acceptors (Lipinski definition) is 7. The Morgan fingerprint density at radius 3 is 2.52 bits per heavy atom. The zero-order valence-corrected chi connectivity index (χ0v) is 19.7. The molecule has 0 saturated heterocycles. The number of aromatic nitrogens is 6. The quantitative estimate of drug-likeness (QED) is 0.226. The van der Waals surface area contributed by atoms with Gasteiger partial charge in [-0.05, 0) is 24.3 Å². The van der Waals surface area contributed by atoms with E-state index < -0.39 is 0 Å². The molecule has 0 atom stereocenters. The molecule has 7 nitrogen and oxygen atoms in total. The number of benzene rings is 1. The SMILES string of the molecule is [Au].[CH2-]Cc1nc2c(NCc3ccccn3)ncnc2s1.[CH2-]Cc1nc2ccccc2[nH]1. The van der Waals surface area contributed by atoms with Crippen LogP contribution in [0.3, 0.4) is 0 Å². The molecule has 0 spiro atoms. The van der Waals surface area contributed by atoms with Gasteiger partial charge in [-0.25, -0.2) is 19.9 Å². The van der Waals surface area contributed by atoms with Gasteiger partial charge in [-0.2, -0.15) is 0 Å². The Labute approximate surface area is 200 Å². The number of nitrogens with one attached hydrogen (secondary N) is 2. The van der Waals surface area contributed by atoms with E-state index in [0.717, 1.165) is 43.7 Å². The van der Waals surface area contributed by atoms with Crippen molar-refractivity contribution in [1.29, 1.82) is 0 Å². The van der Waals surface area contributed by atoms with Crippen LogP contribution in [0.2, 0.25) is 0 Å². The fourth-order valence-electron chi connectivity index (χ4n) is 2.83. The van der Waals surface area contributed by atoms with Crippen molar-refractivity contribution in [2.24, 2.45) is 0 Å².